The van der Waals surface area contributed by atoms with Crippen molar-refractivity contribution in [2.45, 2.75) is 18.4 Å². The maximum absolute atomic E-state index is 5.26. The Bertz CT molecular complexity index is 1550. The van der Waals surface area contributed by atoms with Gasteiger partial charge in [0, 0.05) is 22.4 Å². The van der Waals surface area contributed by atoms with E-state index in [1.165, 1.54) is 33.1 Å². The van der Waals surface area contributed by atoms with Crippen LogP contribution in [0.3, 0.4) is 0 Å². The summed E-state index contributed by atoms with van der Waals surface area (Å²) in [5.41, 5.74) is 4.74. The van der Waals surface area contributed by atoms with Gasteiger partial charge in [-0.3, -0.25) is 4.57 Å². The Kier molecular flexibility index (Phi) is 3.74. The topological polar surface area (TPSA) is 21.1 Å². The number of anilines is 2. The van der Waals surface area contributed by atoms with Gasteiger partial charge in [-0.1, -0.05) is 85.0 Å². The third kappa shape index (κ3) is 2.48. The summed E-state index contributed by atoms with van der Waals surface area (Å²) in [5.74, 6) is 2.20. The summed E-state index contributed by atoms with van der Waals surface area (Å²) in [4.78, 5) is 7.67. The number of rotatable bonds is 2. The van der Waals surface area contributed by atoms with Gasteiger partial charge < -0.3 is 4.90 Å². The summed E-state index contributed by atoms with van der Waals surface area (Å²) in [5, 5.41) is 2.50. The molecule has 0 bridgehead atoms. The van der Waals surface area contributed by atoms with E-state index in [0.717, 1.165) is 11.6 Å². The van der Waals surface area contributed by atoms with Crippen LogP contribution in [-0.2, 0) is 0 Å². The molecule has 3 nitrogen and oxygen atoms in total. The van der Waals surface area contributed by atoms with Crippen molar-refractivity contribution >= 4 is 33.3 Å². The van der Waals surface area contributed by atoms with Crippen LogP contribution in [0, 0.1) is 0 Å². The van der Waals surface area contributed by atoms with E-state index in [4.69, 9.17) is 4.98 Å². The van der Waals surface area contributed by atoms with Crippen LogP contribution in [0.2, 0.25) is 0 Å². The highest BCUT2D eigenvalue weighted by Gasteiger charge is 2.47. The van der Waals surface area contributed by atoms with Crippen LogP contribution in [0.1, 0.15) is 18.4 Å². The molecular formula is C30H23N3. The van der Waals surface area contributed by atoms with Crippen molar-refractivity contribution in [3.8, 4) is 5.82 Å². The van der Waals surface area contributed by atoms with E-state index in [0.29, 0.717) is 5.92 Å². The second-order valence-corrected chi connectivity index (χ2v) is 9.07. The van der Waals surface area contributed by atoms with E-state index in [2.05, 4.69) is 132 Å². The molecule has 33 heavy (non-hydrogen) atoms. The second-order valence-electron chi connectivity index (χ2n) is 9.07. The minimum atomic E-state index is -0.190. The molecule has 3 heterocycles. The summed E-state index contributed by atoms with van der Waals surface area (Å²) in [7, 11) is 0. The van der Waals surface area contributed by atoms with E-state index >= 15 is 0 Å². The van der Waals surface area contributed by atoms with Crippen molar-refractivity contribution in [3.05, 3.63) is 121 Å². The number of benzene rings is 3. The smallest absolute Gasteiger partial charge is 0.140 e. The fourth-order valence-electron chi connectivity index (χ4n) is 5.77. The SMILES string of the molecule is CC12C=CC=CC1c1ccccc1N2c1cccc(-n2c3ccccc3c3ccccc32)n1. The Hall–Kier alpha value is -4.11. The zero-order valence-electron chi connectivity index (χ0n) is 18.4. The van der Waals surface area contributed by atoms with E-state index in [9.17, 15) is 0 Å². The maximum atomic E-state index is 5.26. The Morgan fingerprint density at radius 2 is 1.36 bits per heavy atom. The van der Waals surface area contributed by atoms with Crippen molar-refractivity contribution in [2.75, 3.05) is 4.90 Å². The van der Waals surface area contributed by atoms with Crippen LogP contribution in [-0.4, -0.2) is 15.1 Å². The highest BCUT2D eigenvalue weighted by molar-refractivity contribution is 6.09. The first-order chi connectivity index (χ1) is 16.3. The van der Waals surface area contributed by atoms with Gasteiger partial charge in [-0.25, -0.2) is 4.98 Å². The first-order valence-electron chi connectivity index (χ1n) is 11.5. The maximum Gasteiger partial charge on any atom is 0.140 e. The average molecular weight is 426 g/mol. The summed E-state index contributed by atoms with van der Waals surface area (Å²) in [6.45, 7) is 2.31. The fourth-order valence-corrected chi connectivity index (χ4v) is 5.77. The quantitative estimate of drug-likeness (QED) is 0.296. The molecule has 1 aliphatic carbocycles. The molecular weight excluding hydrogens is 402 g/mol. The highest BCUT2D eigenvalue weighted by atomic mass is 15.3. The number of pyridine rings is 1. The van der Waals surface area contributed by atoms with Gasteiger partial charge in [-0.05, 0) is 42.8 Å². The predicted octanol–water partition coefficient (Wildman–Crippen LogP) is 7.30. The van der Waals surface area contributed by atoms with Gasteiger partial charge in [0.2, 0.25) is 0 Å². The molecule has 0 amide bonds. The lowest BCUT2D eigenvalue weighted by molar-refractivity contribution is 0.538. The summed E-state index contributed by atoms with van der Waals surface area (Å²) in [6, 6.07) is 32.3. The standard InChI is InChI=1S/C30H23N3/c1-30-20-9-8-14-24(30)23-13-4-7-17-27(23)33(30)29-19-10-18-28(31-29)32-25-15-5-2-11-21(25)22-12-3-6-16-26(22)32/h2-20,24H,1H3. The van der Waals surface area contributed by atoms with Crippen molar-refractivity contribution in [3.63, 3.8) is 0 Å². The molecule has 0 fully saturated rings. The zero-order valence-corrected chi connectivity index (χ0v) is 18.4. The highest BCUT2D eigenvalue weighted by Crippen LogP contribution is 2.53. The second kappa shape index (κ2) is 6.69. The normalized spacial score (nSPS) is 21.0. The number of para-hydroxylation sites is 3. The van der Waals surface area contributed by atoms with Crippen LogP contribution in [0.4, 0.5) is 11.5 Å². The molecule has 2 aromatic heterocycles. The van der Waals surface area contributed by atoms with Crippen LogP contribution in [0.25, 0.3) is 27.6 Å². The lowest BCUT2D eigenvalue weighted by Crippen LogP contribution is -2.42. The molecule has 0 saturated carbocycles. The predicted molar refractivity (Wildman–Crippen MR) is 137 cm³/mol. The first kappa shape index (κ1) is 18.5. The number of allylic oxidation sites excluding steroid dienone is 2. The largest absolute Gasteiger partial charge is 0.316 e. The molecule has 7 rings (SSSR count). The molecule has 2 aliphatic rings. The number of aromatic nitrogens is 2. The van der Waals surface area contributed by atoms with Crippen LogP contribution in [0.15, 0.2) is 115 Å². The summed E-state index contributed by atoms with van der Waals surface area (Å²) >= 11 is 0. The Morgan fingerprint density at radius 3 is 2.15 bits per heavy atom. The third-order valence-electron chi connectivity index (χ3n) is 7.23. The van der Waals surface area contributed by atoms with Gasteiger partial charge in [0.1, 0.15) is 11.6 Å². The van der Waals surface area contributed by atoms with Crippen molar-refractivity contribution in [1.82, 2.24) is 9.55 Å². The molecule has 1 aliphatic heterocycles. The molecule has 3 heteroatoms. The molecule has 2 atom stereocenters. The first-order valence-corrected chi connectivity index (χ1v) is 11.5. The minimum absolute atomic E-state index is 0.190. The molecule has 2 unspecified atom stereocenters. The average Bonchev–Trinajstić information content (AvgIpc) is 3.33. The molecule has 0 radical (unpaired) electrons. The van der Waals surface area contributed by atoms with Gasteiger partial charge in [-0.2, -0.15) is 0 Å². The number of nitrogens with zero attached hydrogens (tertiary/aromatic N) is 3. The van der Waals surface area contributed by atoms with Gasteiger partial charge in [0.05, 0.1) is 16.6 Å². The lowest BCUT2D eigenvalue weighted by atomic mass is 9.80. The number of hydrogen-bond donors (Lipinski definition) is 0. The molecule has 0 N–H and O–H groups in total. The zero-order chi connectivity index (χ0) is 22.0. The lowest BCUT2D eigenvalue weighted by Gasteiger charge is -2.38. The Labute approximate surface area is 192 Å². The minimum Gasteiger partial charge on any atom is -0.316 e. The van der Waals surface area contributed by atoms with Gasteiger partial charge in [0.25, 0.3) is 0 Å². The van der Waals surface area contributed by atoms with Crippen LogP contribution < -0.4 is 4.90 Å². The van der Waals surface area contributed by atoms with E-state index < -0.39 is 0 Å². The van der Waals surface area contributed by atoms with Crippen LogP contribution in [0.5, 0.6) is 0 Å². The Balaban J connectivity index is 1.47. The number of hydrogen-bond acceptors (Lipinski definition) is 2. The van der Waals surface area contributed by atoms with Gasteiger partial charge in [0.15, 0.2) is 0 Å². The van der Waals surface area contributed by atoms with E-state index in [-0.39, 0.29) is 5.54 Å². The van der Waals surface area contributed by atoms with E-state index in [1.54, 1.807) is 0 Å². The molecule has 158 valence electrons. The van der Waals surface area contributed by atoms with E-state index in [1.807, 2.05) is 0 Å². The van der Waals surface area contributed by atoms with Crippen molar-refractivity contribution in [1.29, 1.82) is 0 Å². The summed E-state index contributed by atoms with van der Waals surface area (Å²) in [6.07, 6.45) is 8.95. The van der Waals surface area contributed by atoms with Crippen LogP contribution >= 0.6 is 0 Å². The molecule has 0 saturated heterocycles. The molecule has 5 aromatic rings. The fraction of sp³-hybridized carbons (Fsp3) is 0.100. The number of fused-ring (bicyclic) bond motifs is 6. The van der Waals surface area contributed by atoms with Crippen molar-refractivity contribution in [2.24, 2.45) is 0 Å². The summed E-state index contributed by atoms with van der Waals surface area (Å²) < 4.78 is 2.28. The molecule has 0 spiro atoms. The van der Waals surface area contributed by atoms with Gasteiger partial charge in [-0.15, -0.1) is 0 Å². The van der Waals surface area contributed by atoms with Crippen molar-refractivity contribution < 1.29 is 0 Å². The Morgan fingerprint density at radius 1 is 0.697 bits per heavy atom. The monoisotopic (exact) mass is 425 g/mol. The molecule has 3 aromatic carbocycles. The van der Waals surface area contributed by atoms with Gasteiger partial charge >= 0.3 is 0 Å². The third-order valence-corrected chi connectivity index (χ3v) is 7.23.